The molecule has 0 bridgehead atoms. The summed E-state index contributed by atoms with van der Waals surface area (Å²) < 4.78 is 66.0. The van der Waals surface area contributed by atoms with Crippen molar-refractivity contribution in [2.24, 2.45) is 5.92 Å². The SMILES string of the molecule is CN1CCn2c(-c3ccccc3)cnc2C12CCN(CC1CC1)CC2.O=C(O)C(F)(F)F.O=C(O)C(F)(F)F. The molecule has 3 heterocycles. The van der Waals surface area contributed by atoms with Crippen LogP contribution in [0.2, 0.25) is 0 Å². The van der Waals surface area contributed by atoms with Crippen molar-refractivity contribution < 1.29 is 46.1 Å². The van der Waals surface area contributed by atoms with Crippen molar-refractivity contribution in [3.63, 3.8) is 0 Å². The second kappa shape index (κ2) is 11.9. The molecule has 1 spiro atoms. The summed E-state index contributed by atoms with van der Waals surface area (Å²) in [6, 6.07) is 10.7. The molecule has 2 aliphatic heterocycles. The third-order valence-electron chi connectivity index (χ3n) is 7.11. The van der Waals surface area contributed by atoms with Crippen LogP contribution in [0.4, 0.5) is 26.3 Å². The minimum absolute atomic E-state index is 0.130. The molecule has 1 aromatic carbocycles. The van der Waals surface area contributed by atoms with E-state index in [-0.39, 0.29) is 5.54 Å². The number of imidazole rings is 1. The zero-order valence-electron chi connectivity index (χ0n) is 21.2. The lowest BCUT2D eigenvalue weighted by atomic mass is 9.83. The lowest BCUT2D eigenvalue weighted by Gasteiger charge is -2.49. The van der Waals surface area contributed by atoms with Crippen LogP contribution in [0, 0.1) is 5.92 Å². The molecule has 8 nitrogen and oxygen atoms in total. The van der Waals surface area contributed by atoms with Crippen LogP contribution in [0.3, 0.4) is 0 Å². The van der Waals surface area contributed by atoms with Crippen LogP contribution in [-0.4, -0.2) is 87.1 Å². The largest absolute Gasteiger partial charge is 0.490 e. The maximum Gasteiger partial charge on any atom is 0.490 e. The van der Waals surface area contributed by atoms with Gasteiger partial charge in [0.1, 0.15) is 5.82 Å². The van der Waals surface area contributed by atoms with Crippen LogP contribution in [0.5, 0.6) is 0 Å². The van der Waals surface area contributed by atoms with E-state index in [4.69, 9.17) is 24.8 Å². The van der Waals surface area contributed by atoms with Gasteiger partial charge in [0.25, 0.3) is 0 Å². The Morgan fingerprint density at radius 1 is 0.923 bits per heavy atom. The molecule has 14 heteroatoms. The van der Waals surface area contributed by atoms with Crippen molar-refractivity contribution in [2.45, 2.75) is 50.1 Å². The van der Waals surface area contributed by atoms with Gasteiger partial charge < -0.3 is 19.7 Å². The Labute approximate surface area is 220 Å². The number of rotatable bonds is 3. The minimum atomic E-state index is -5.08. The lowest BCUT2D eigenvalue weighted by molar-refractivity contribution is -0.193. The van der Waals surface area contributed by atoms with Gasteiger partial charge in [-0.15, -0.1) is 0 Å². The van der Waals surface area contributed by atoms with Crippen LogP contribution in [0.1, 0.15) is 31.5 Å². The third kappa shape index (κ3) is 7.72. The first-order valence-electron chi connectivity index (χ1n) is 12.3. The van der Waals surface area contributed by atoms with E-state index in [0.717, 1.165) is 19.0 Å². The predicted octanol–water partition coefficient (Wildman–Crippen LogP) is 4.46. The van der Waals surface area contributed by atoms with Crippen molar-refractivity contribution in [1.82, 2.24) is 19.4 Å². The minimum Gasteiger partial charge on any atom is -0.475 e. The summed E-state index contributed by atoms with van der Waals surface area (Å²) in [5, 5.41) is 14.2. The van der Waals surface area contributed by atoms with E-state index in [1.54, 1.807) is 0 Å². The van der Waals surface area contributed by atoms with E-state index in [9.17, 15) is 26.3 Å². The quantitative estimate of drug-likeness (QED) is 0.531. The molecule has 1 saturated heterocycles. The van der Waals surface area contributed by atoms with Crippen LogP contribution >= 0.6 is 0 Å². The van der Waals surface area contributed by atoms with Crippen LogP contribution in [-0.2, 0) is 21.7 Å². The highest BCUT2D eigenvalue weighted by molar-refractivity contribution is 5.73. The Morgan fingerprint density at radius 2 is 1.44 bits per heavy atom. The monoisotopic (exact) mass is 564 g/mol. The van der Waals surface area contributed by atoms with E-state index >= 15 is 0 Å². The van der Waals surface area contributed by atoms with Crippen molar-refractivity contribution in [1.29, 1.82) is 0 Å². The molecule has 2 aromatic rings. The van der Waals surface area contributed by atoms with E-state index in [1.165, 1.54) is 62.4 Å². The first-order chi connectivity index (χ1) is 18.1. The molecular formula is C25H30F6N4O4. The predicted molar refractivity (Wildman–Crippen MR) is 128 cm³/mol. The number of hydrogen-bond acceptors (Lipinski definition) is 5. The summed E-state index contributed by atoms with van der Waals surface area (Å²) in [5.41, 5.74) is 2.70. The average molecular weight is 565 g/mol. The van der Waals surface area contributed by atoms with Gasteiger partial charge in [-0.25, -0.2) is 14.6 Å². The number of likely N-dealkylation sites (tertiary alicyclic amines) is 1. The first-order valence-corrected chi connectivity index (χ1v) is 12.3. The Hall–Kier alpha value is -3.13. The molecule has 1 aromatic heterocycles. The van der Waals surface area contributed by atoms with Gasteiger partial charge in [-0.3, -0.25) is 4.90 Å². The van der Waals surface area contributed by atoms with Gasteiger partial charge >= 0.3 is 24.3 Å². The lowest BCUT2D eigenvalue weighted by Crippen LogP contribution is -2.56. The van der Waals surface area contributed by atoms with Gasteiger partial charge in [-0.2, -0.15) is 26.3 Å². The number of piperidine rings is 1. The Morgan fingerprint density at radius 3 is 1.90 bits per heavy atom. The molecule has 5 rings (SSSR count). The molecule has 0 amide bonds. The number of hydrogen-bond donors (Lipinski definition) is 2. The van der Waals surface area contributed by atoms with E-state index in [1.807, 2.05) is 0 Å². The number of nitrogens with zero attached hydrogens (tertiary/aromatic N) is 4. The number of carbonyl (C=O) groups is 2. The van der Waals surface area contributed by atoms with Gasteiger partial charge in [-0.1, -0.05) is 30.3 Å². The zero-order valence-corrected chi connectivity index (χ0v) is 21.2. The normalized spacial score (nSPS) is 19.3. The molecule has 1 aliphatic carbocycles. The molecule has 3 aliphatic rings. The summed E-state index contributed by atoms with van der Waals surface area (Å²) in [5.74, 6) is -3.23. The van der Waals surface area contributed by atoms with Crippen molar-refractivity contribution >= 4 is 11.9 Å². The summed E-state index contributed by atoms with van der Waals surface area (Å²) in [6.07, 6.45) is -2.75. The van der Waals surface area contributed by atoms with Gasteiger partial charge in [0.2, 0.25) is 0 Å². The Bertz CT molecular complexity index is 1100. The highest BCUT2D eigenvalue weighted by Crippen LogP contribution is 2.42. The van der Waals surface area contributed by atoms with Crippen molar-refractivity contribution in [3.05, 3.63) is 42.4 Å². The zero-order chi connectivity index (χ0) is 29.0. The number of likely N-dealkylation sites (N-methyl/N-ethyl adjacent to an activating group) is 1. The number of carboxylic acid groups (broad SMARTS) is 2. The molecule has 216 valence electrons. The number of halogens is 6. The van der Waals surface area contributed by atoms with Gasteiger partial charge in [0, 0.05) is 32.7 Å². The van der Waals surface area contributed by atoms with Crippen molar-refractivity contribution in [2.75, 3.05) is 33.2 Å². The molecule has 0 atom stereocenters. The number of benzene rings is 1. The van der Waals surface area contributed by atoms with Gasteiger partial charge in [0.15, 0.2) is 0 Å². The third-order valence-corrected chi connectivity index (χ3v) is 7.11. The standard InChI is InChI=1S/C21H28N4.2C2HF3O2/c1-23-13-14-25-19(18-5-3-2-4-6-18)15-22-20(25)21(23)9-11-24(12-10-21)16-17-7-8-17;2*3-2(4,5)1(6)7/h2-6,15,17H,7-14,16H2,1H3;2*(H,6,7). The number of fused-ring (bicyclic) bond motifs is 2. The summed E-state index contributed by atoms with van der Waals surface area (Å²) >= 11 is 0. The molecule has 1 saturated carbocycles. The molecular weight excluding hydrogens is 534 g/mol. The molecule has 0 radical (unpaired) electrons. The fourth-order valence-corrected chi connectivity index (χ4v) is 4.82. The highest BCUT2D eigenvalue weighted by Gasteiger charge is 2.46. The van der Waals surface area contributed by atoms with E-state index in [0.29, 0.717) is 0 Å². The Balaban J connectivity index is 0.000000251. The highest BCUT2D eigenvalue weighted by atomic mass is 19.4. The van der Waals surface area contributed by atoms with Gasteiger partial charge in [0.05, 0.1) is 17.4 Å². The van der Waals surface area contributed by atoms with Crippen LogP contribution in [0.25, 0.3) is 11.3 Å². The fraction of sp³-hybridized carbons (Fsp3) is 0.560. The number of alkyl halides is 6. The molecule has 39 heavy (non-hydrogen) atoms. The number of aromatic nitrogens is 2. The maximum atomic E-state index is 10.6. The summed E-state index contributed by atoms with van der Waals surface area (Å²) in [4.78, 5) is 28.0. The summed E-state index contributed by atoms with van der Waals surface area (Å²) in [6.45, 7) is 5.92. The van der Waals surface area contributed by atoms with E-state index < -0.39 is 24.3 Å². The second-order valence-corrected chi connectivity index (χ2v) is 9.79. The van der Waals surface area contributed by atoms with Crippen molar-refractivity contribution in [3.8, 4) is 11.3 Å². The van der Waals surface area contributed by atoms with E-state index in [2.05, 4.69) is 57.9 Å². The number of aliphatic carboxylic acids is 2. The van der Waals surface area contributed by atoms with Gasteiger partial charge in [-0.05, 0) is 44.2 Å². The van der Waals surface area contributed by atoms with Crippen LogP contribution in [0.15, 0.2) is 36.5 Å². The fourth-order valence-electron chi connectivity index (χ4n) is 4.82. The van der Waals surface area contributed by atoms with Crippen LogP contribution < -0.4 is 0 Å². The maximum absolute atomic E-state index is 10.6. The molecule has 2 N–H and O–H groups in total. The number of carboxylic acids is 2. The topological polar surface area (TPSA) is 98.9 Å². The molecule has 2 fully saturated rings. The first kappa shape index (κ1) is 30.4. The average Bonchev–Trinajstić information content (AvgIpc) is 3.57. The summed E-state index contributed by atoms with van der Waals surface area (Å²) in [7, 11) is 2.30. The smallest absolute Gasteiger partial charge is 0.475 e. The Kier molecular flexibility index (Phi) is 9.31. The molecule has 0 unspecified atom stereocenters. The second-order valence-electron chi connectivity index (χ2n) is 9.79.